The number of fused-ring (bicyclic) bond motifs is 1. The number of hydrogen-bond acceptors (Lipinski definition) is 10. The van der Waals surface area contributed by atoms with Crippen molar-refractivity contribution in [2.24, 2.45) is 0 Å². The van der Waals surface area contributed by atoms with Crippen molar-refractivity contribution >= 4 is 29.0 Å². The molecule has 238 valence electrons. The molecule has 12 heteroatoms. The monoisotopic (exact) mass is 623 g/mol. The van der Waals surface area contributed by atoms with Crippen LogP contribution in [0.1, 0.15) is 36.6 Å². The van der Waals surface area contributed by atoms with Gasteiger partial charge in [0.1, 0.15) is 24.9 Å². The fourth-order valence-electron chi connectivity index (χ4n) is 5.32. The molecule has 3 heterocycles. The molecule has 6 rings (SSSR count). The zero-order valence-corrected chi connectivity index (χ0v) is 25.3. The molecule has 1 saturated heterocycles. The minimum Gasteiger partial charge on any atom is -0.494 e. The van der Waals surface area contributed by atoms with Crippen molar-refractivity contribution in [1.82, 2.24) is 24.8 Å². The van der Waals surface area contributed by atoms with Gasteiger partial charge in [-0.3, -0.25) is 4.57 Å². The molecule has 1 fully saturated rings. The Hall–Kier alpha value is -5.20. The van der Waals surface area contributed by atoms with Crippen molar-refractivity contribution in [2.45, 2.75) is 44.7 Å². The van der Waals surface area contributed by atoms with Crippen LogP contribution in [0.2, 0.25) is 0 Å². The summed E-state index contributed by atoms with van der Waals surface area (Å²) in [5.74, 6) is 1.64. The standard InChI is InChI=1S/C34H37N7O5/c35-31-30-32(39-22-38-31)41(29-15-14-28(20-42)46-29)33(40-30)37-19-23-10-12-25(13-11-23)26-8-4-9-27(18-26)44-17-5-16-36-34(43)45-21-24-6-2-1-3-7-24/h1-4,6-13,18,22,28-29,42H,5,14-17,19-21H2,(H,36,43)(H,37,40)(H2,35,38,39)/t28-,29+/m0/s1. The fourth-order valence-corrected chi connectivity index (χ4v) is 5.32. The van der Waals surface area contributed by atoms with E-state index in [4.69, 9.17) is 19.9 Å². The normalized spacial score (nSPS) is 15.9. The van der Waals surface area contributed by atoms with E-state index in [0.717, 1.165) is 40.8 Å². The van der Waals surface area contributed by atoms with Gasteiger partial charge in [-0.1, -0.05) is 66.7 Å². The van der Waals surface area contributed by atoms with Crippen LogP contribution in [0.4, 0.5) is 16.6 Å². The molecule has 0 bridgehead atoms. The van der Waals surface area contributed by atoms with Crippen LogP contribution in [0, 0.1) is 0 Å². The molecule has 1 amide bonds. The van der Waals surface area contributed by atoms with E-state index < -0.39 is 6.09 Å². The van der Waals surface area contributed by atoms with Crippen molar-refractivity contribution in [1.29, 1.82) is 0 Å². The number of nitrogens with two attached hydrogens (primary N) is 1. The highest BCUT2D eigenvalue weighted by atomic mass is 16.5. The van der Waals surface area contributed by atoms with Gasteiger partial charge in [-0.2, -0.15) is 0 Å². The first kappa shape index (κ1) is 30.8. The first-order valence-electron chi connectivity index (χ1n) is 15.3. The van der Waals surface area contributed by atoms with Gasteiger partial charge in [0.05, 0.1) is 19.3 Å². The molecule has 2 aromatic heterocycles. The van der Waals surface area contributed by atoms with E-state index in [9.17, 15) is 9.90 Å². The molecular formula is C34H37N7O5. The minimum atomic E-state index is -0.443. The molecular weight excluding hydrogens is 586 g/mol. The zero-order valence-electron chi connectivity index (χ0n) is 25.3. The van der Waals surface area contributed by atoms with Gasteiger partial charge in [0.2, 0.25) is 5.95 Å². The van der Waals surface area contributed by atoms with E-state index in [1.807, 2.05) is 59.2 Å². The number of amides is 1. The Kier molecular flexibility index (Phi) is 9.86. The van der Waals surface area contributed by atoms with E-state index >= 15 is 0 Å². The molecule has 1 aliphatic heterocycles. The van der Waals surface area contributed by atoms with Crippen molar-refractivity contribution in [3.05, 3.63) is 96.3 Å². The minimum absolute atomic E-state index is 0.0320. The molecule has 2 atom stereocenters. The van der Waals surface area contributed by atoms with E-state index in [1.54, 1.807) is 0 Å². The number of benzene rings is 3. The van der Waals surface area contributed by atoms with Gasteiger partial charge in [0.25, 0.3) is 0 Å². The van der Waals surface area contributed by atoms with Gasteiger partial charge in [0, 0.05) is 13.1 Å². The average Bonchev–Trinajstić information content (AvgIpc) is 3.72. The number of aliphatic hydroxyl groups excluding tert-OH is 1. The van der Waals surface area contributed by atoms with Gasteiger partial charge >= 0.3 is 6.09 Å². The maximum absolute atomic E-state index is 11.9. The highest BCUT2D eigenvalue weighted by Crippen LogP contribution is 2.34. The molecule has 1 aliphatic rings. The number of hydrogen-bond donors (Lipinski definition) is 4. The van der Waals surface area contributed by atoms with E-state index in [1.165, 1.54) is 6.33 Å². The summed E-state index contributed by atoms with van der Waals surface area (Å²) < 4.78 is 19.1. The van der Waals surface area contributed by atoms with Crippen LogP contribution in [0.5, 0.6) is 5.75 Å². The van der Waals surface area contributed by atoms with E-state index in [-0.39, 0.29) is 25.5 Å². The van der Waals surface area contributed by atoms with Crippen LogP contribution in [0.25, 0.3) is 22.3 Å². The Balaban J connectivity index is 1.01. The molecule has 0 spiro atoms. The molecule has 12 nitrogen and oxygen atoms in total. The quantitative estimate of drug-likeness (QED) is 0.131. The Morgan fingerprint density at radius 3 is 2.65 bits per heavy atom. The lowest BCUT2D eigenvalue weighted by Crippen LogP contribution is -2.26. The Bertz CT molecular complexity index is 1750. The third-order valence-corrected chi connectivity index (χ3v) is 7.73. The lowest BCUT2D eigenvalue weighted by molar-refractivity contribution is -0.0197. The summed E-state index contributed by atoms with van der Waals surface area (Å²) in [5.41, 5.74) is 11.3. The van der Waals surface area contributed by atoms with E-state index in [0.29, 0.717) is 49.0 Å². The summed E-state index contributed by atoms with van der Waals surface area (Å²) in [6.07, 6.45) is 2.57. The summed E-state index contributed by atoms with van der Waals surface area (Å²) >= 11 is 0. The maximum Gasteiger partial charge on any atom is 0.407 e. The van der Waals surface area contributed by atoms with E-state index in [2.05, 4.69) is 49.9 Å². The molecule has 5 N–H and O–H groups in total. The summed E-state index contributed by atoms with van der Waals surface area (Å²) in [7, 11) is 0. The van der Waals surface area contributed by atoms with Crippen LogP contribution < -0.4 is 21.1 Å². The van der Waals surface area contributed by atoms with Crippen molar-refractivity contribution in [3.8, 4) is 16.9 Å². The third kappa shape index (κ3) is 7.53. The zero-order chi connectivity index (χ0) is 31.7. The fraction of sp³-hybridized carbons (Fsp3) is 0.294. The second kappa shape index (κ2) is 14.7. The lowest BCUT2D eigenvalue weighted by Gasteiger charge is -2.17. The molecule has 3 aromatic carbocycles. The number of anilines is 2. The first-order valence-corrected chi connectivity index (χ1v) is 15.3. The number of rotatable bonds is 13. The van der Waals surface area contributed by atoms with Crippen molar-refractivity contribution < 1.29 is 24.1 Å². The first-order chi connectivity index (χ1) is 22.6. The molecule has 0 aliphatic carbocycles. The number of nitrogen functional groups attached to an aromatic ring is 1. The van der Waals surface area contributed by atoms with Crippen LogP contribution in [-0.4, -0.2) is 56.6 Å². The number of aromatic nitrogens is 4. The predicted octanol–water partition coefficient (Wildman–Crippen LogP) is 5.05. The smallest absolute Gasteiger partial charge is 0.407 e. The Labute approximate surface area is 266 Å². The second-order valence-electron chi connectivity index (χ2n) is 11.0. The molecule has 5 aromatic rings. The van der Waals surface area contributed by atoms with Crippen LogP contribution in [-0.2, 0) is 22.6 Å². The Morgan fingerprint density at radius 2 is 1.85 bits per heavy atom. The summed E-state index contributed by atoms with van der Waals surface area (Å²) in [5, 5.41) is 15.7. The Morgan fingerprint density at radius 1 is 1.00 bits per heavy atom. The van der Waals surface area contributed by atoms with Gasteiger partial charge < -0.3 is 35.7 Å². The SMILES string of the molecule is Nc1ncnc2c1nc(NCc1ccc(-c3cccc(OCCCNC(=O)OCc4ccccc4)c3)cc1)n2[C@H]1CC[C@@H](CO)O1. The number of aliphatic hydroxyl groups is 1. The predicted molar refractivity (Wildman–Crippen MR) is 174 cm³/mol. The number of carbonyl (C=O) groups is 1. The number of imidazole rings is 1. The van der Waals surface area contributed by atoms with Gasteiger partial charge in [-0.05, 0) is 53.6 Å². The lowest BCUT2D eigenvalue weighted by atomic mass is 10.0. The number of nitrogens with one attached hydrogen (secondary N) is 2. The van der Waals surface area contributed by atoms with Gasteiger partial charge in [0.15, 0.2) is 17.0 Å². The van der Waals surface area contributed by atoms with Crippen LogP contribution in [0.15, 0.2) is 85.2 Å². The number of nitrogens with zero attached hydrogens (tertiary/aromatic N) is 4. The third-order valence-electron chi connectivity index (χ3n) is 7.73. The van der Waals surface area contributed by atoms with Crippen LogP contribution in [0.3, 0.4) is 0 Å². The molecule has 0 saturated carbocycles. The highest BCUT2D eigenvalue weighted by molar-refractivity contribution is 5.84. The van der Waals surface area contributed by atoms with Crippen LogP contribution >= 0.6 is 0 Å². The second-order valence-corrected chi connectivity index (χ2v) is 11.0. The maximum atomic E-state index is 11.9. The van der Waals surface area contributed by atoms with Gasteiger partial charge in [-0.25, -0.2) is 19.7 Å². The van der Waals surface area contributed by atoms with Crippen molar-refractivity contribution in [3.63, 3.8) is 0 Å². The average molecular weight is 624 g/mol. The molecule has 0 unspecified atom stereocenters. The number of carbonyl (C=O) groups excluding carboxylic acids is 1. The largest absolute Gasteiger partial charge is 0.494 e. The number of alkyl carbamates (subject to hydrolysis) is 1. The number of ether oxygens (including phenoxy) is 3. The summed E-state index contributed by atoms with van der Waals surface area (Å²) in [6, 6.07) is 25.8. The topological polar surface area (TPSA) is 159 Å². The summed E-state index contributed by atoms with van der Waals surface area (Å²) in [6.45, 7) is 1.64. The molecule has 46 heavy (non-hydrogen) atoms. The van der Waals surface area contributed by atoms with Gasteiger partial charge in [-0.15, -0.1) is 0 Å². The summed E-state index contributed by atoms with van der Waals surface area (Å²) in [4.78, 5) is 25.1. The highest BCUT2D eigenvalue weighted by Gasteiger charge is 2.30. The van der Waals surface area contributed by atoms with Crippen molar-refractivity contribution in [2.75, 3.05) is 30.8 Å². The molecule has 0 radical (unpaired) electrons.